The Morgan fingerprint density at radius 1 is 0.735 bits per heavy atom. The van der Waals surface area contributed by atoms with Crippen LogP contribution >= 0.6 is 0 Å². The third-order valence-corrected chi connectivity index (χ3v) is 6.94. The fraction of sp³-hybridized carbons (Fsp3) is 0.241. The third kappa shape index (κ3) is 3.23. The van der Waals surface area contributed by atoms with Crippen LogP contribution in [0.15, 0.2) is 64.2 Å². The number of benzene rings is 3. The van der Waals surface area contributed by atoms with Crippen LogP contribution in [0.25, 0.3) is 27.6 Å². The highest BCUT2D eigenvalue weighted by molar-refractivity contribution is 6.06. The molecule has 0 aliphatic carbocycles. The molecule has 0 saturated heterocycles. The van der Waals surface area contributed by atoms with E-state index in [1.165, 1.54) is 10.1 Å². The summed E-state index contributed by atoms with van der Waals surface area (Å²) in [5, 5.41) is 0.922. The van der Waals surface area contributed by atoms with Gasteiger partial charge in [-0.2, -0.15) is 0 Å². The summed E-state index contributed by atoms with van der Waals surface area (Å²) in [5.74, 6) is 0. The molecule has 5 aromatic rings. The first-order valence-corrected chi connectivity index (χ1v) is 11.6. The van der Waals surface area contributed by atoms with Gasteiger partial charge in [0.15, 0.2) is 0 Å². The van der Waals surface area contributed by atoms with E-state index in [1.807, 2.05) is 61.9 Å². The Kier molecular flexibility index (Phi) is 5.08. The van der Waals surface area contributed by atoms with Gasteiger partial charge in [0.1, 0.15) is 5.52 Å². The van der Waals surface area contributed by atoms with Crippen molar-refractivity contribution in [1.29, 1.82) is 0 Å². The maximum absolute atomic E-state index is 14.1. The molecule has 0 spiro atoms. The summed E-state index contributed by atoms with van der Waals surface area (Å²) in [4.78, 5) is 28.0. The lowest BCUT2D eigenvalue weighted by molar-refractivity contribution is 0.706. The number of hydrogen-bond acceptors (Lipinski definition) is 2. The van der Waals surface area contributed by atoms with Gasteiger partial charge >= 0.3 is 5.69 Å². The SMILES string of the molecule is Cc1cc(C)c(Cn2c(=O)n(-c3ccccc3C)c(=O)c3c2c2cc(C)ccc2n3C)c(C)c1. The Bertz CT molecular complexity index is 1710. The predicted molar refractivity (Wildman–Crippen MR) is 140 cm³/mol. The number of para-hydroxylation sites is 1. The molecule has 3 aromatic carbocycles. The molecular formula is C29H29N3O2. The average molecular weight is 452 g/mol. The zero-order valence-corrected chi connectivity index (χ0v) is 20.6. The molecule has 5 nitrogen and oxygen atoms in total. The van der Waals surface area contributed by atoms with Gasteiger partial charge in [0.05, 0.1) is 23.3 Å². The van der Waals surface area contributed by atoms with E-state index in [4.69, 9.17) is 0 Å². The normalized spacial score (nSPS) is 11.6. The molecule has 0 bridgehead atoms. The van der Waals surface area contributed by atoms with Crippen molar-refractivity contribution in [2.45, 2.75) is 41.2 Å². The predicted octanol–water partition coefficient (Wildman–Crippen LogP) is 5.23. The minimum absolute atomic E-state index is 0.292. The topological polar surface area (TPSA) is 48.9 Å². The summed E-state index contributed by atoms with van der Waals surface area (Å²) in [7, 11) is 1.90. The van der Waals surface area contributed by atoms with Gasteiger partial charge in [0.2, 0.25) is 0 Å². The van der Waals surface area contributed by atoms with E-state index in [0.717, 1.165) is 38.7 Å². The molecule has 0 saturated carbocycles. The van der Waals surface area contributed by atoms with Crippen molar-refractivity contribution in [2.75, 3.05) is 0 Å². The Morgan fingerprint density at radius 3 is 2.09 bits per heavy atom. The lowest BCUT2D eigenvalue weighted by atomic mass is 9.99. The van der Waals surface area contributed by atoms with Crippen molar-refractivity contribution in [3.8, 4) is 5.69 Å². The maximum atomic E-state index is 14.1. The highest BCUT2D eigenvalue weighted by Crippen LogP contribution is 2.28. The molecular weight excluding hydrogens is 422 g/mol. The van der Waals surface area contributed by atoms with Gasteiger partial charge in [-0.25, -0.2) is 9.36 Å². The largest absolute Gasteiger partial charge is 0.338 e. The summed E-state index contributed by atoms with van der Waals surface area (Å²) in [5.41, 5.74) is 8.72. The van der Waals surface area contributed by atoms with Crippen molar-refractivity contribution in [1.82, 2.24) is 13.7 Å². The van der Waals surface area contributed by atoms with Gasteiger partial charge in [-0.1, -0.05) is 47.5 Å². The number of nitrogens with zero attached hydrogens (tertiary/aromatic N) is 3. The van der Waals surface area contributed by atoms with Gasteiger partial charge in [0, 0.05) is 12.4 Å². The standard InChI is InChI=1S/C29H29N3O2/c1-17-11-12-25-22(15-17)26-27(30(25)6)28(33)32(24-10-8-7-9-19(24)3)29(34)31(26)16-23-20(4)13-18(2)14-21(23)5/h7-15H,16H2,1-6H3. The Hall–Kier alpha value is -3.86. The second-order valence-corrected chi connectivity index (χ2v) is 9.45. The fourth-order valence-electron chi connectivity index (χ4n) is 5.26. The number of rotatable bonds is 3. The zero-order valence-electron chi connectivity index (χ0n) is 20.6. The lowest BCUT2D eigenvalue weighted by Gasteiger charge is -2.17. The summed E-state index contributed by atoms with van der Waals surface area (Å²) in [6.07, 6.45) is 0. The van der Waals surface area contributed by atoms with Gasteiger partial charge in [-0.15, -0.1) is 0 Å². The highest BCUT2D eigenvalue weighted by Gasteiger charge is 2.22. The average Bonchev–Trinajstić information content (AvgIpc) is 3.06. The summed E-state index contributed by atoms with van der Waals surface area (Å²) in [6, 6.07) is 18.0. The van der Waals surface area contributed by atoms with Crippen LogP contribution in [0.4, 0.5) is 0 Å². The minimum Gasteiger partial charge on any atom is -0.338 e. The molecule has 0 amide bonds. The van der Waals surface area contributed by atoms with Crippen molar-refractivity contribution < 1.29 is 0 Å². The third-order valence-electron chi connectivity index (χ3n) is 6.94. The van der Waals surface area contributed by atoms with Crippen molar-refractivity contribution in [3.05, 3.63) is 109 Å². The Balaban J connectivity index is 1.98. The summed E-state index contributed by atoms with van der Waals surface area (Å²) in [6.45, 7) is 10.6. The van der Waals surface area contributed by atoms with Crippen LogP contribution in [0.2, 0.25) is 0 Å². The van der Waals surface area contributed by atoms with Crippen LogP contribution in [-0.2, 0) is 13.6 Å². The molecule has 5 rings (SSSR count). The number of aryl methyl sites for hydroxylation is 6. The van der Waals surface area contributed by atoms with E-state index in [0.29, 0.717) is 23.3 Å². The summed E-state index contributed by atoms with van der Waals surface area (Å²) >= 11 is 0. The molecule has 0 aliphatic heterocycles. The minimum atomic E-state index is -0.319. The van der Waals surface area contributed by atoms with Crippen LogP contribution < -0.4 is 11.2 Å². The lowest BCUT2D eigenvalue weighted by Crippen LogP contribution is -2.40. The number of hydrogen-bond donors (Lipinski definition) is 0. The van der Waals surface area contributed by atoms with Crippen LogP contribution in [0.1, 0.15) is 33.4 Å². The molecule has 0 unspecified atom stereocenters. The molecule has 5 heteroatoms. The maximum Gasteiger partial charge on any atom is 0.336 e. The first-order chi connectivity index (χ1) is 16.2. The molecule has 0 radical (unpaired) electrons. The zero-order chi connectivity index (χ0) is 24.3. The fourth-order valence-corrected chi connectivity index (χ4v) is 5.26. The van der Waals surface area contributed by atoms with Gasteiger partial charge in [-0.05, 0) is 75.1 Å². The monoisotopic (exact) mass is 451 g/mol. The van der Waals surface area contributed by atoms with E-state index in [-0.39, 0.29) is 11.2 Å². The van der Waals surface area contributed by atoms with Crippen molar-refractivity contribution >= 4 is 21.9 Å². The van der Waals surface area contributed by atoms with Crippen LogP contribution in [-0.4, -0.2) is 13.7 Å². The second kappa shape index (κ2) is 7.87. The highest BCUT2D eigenvalue weighted by atomic mass is 16.2. The smallest absolute Gasteiger partial charge is 0.336 e. The molecule has 34 heavy (non-hydrogen) atoms. The van der Waals surface area contributed by atoms with E-state index >= 15 is 0 Å². The molecule has 0 aliphatic rings. The van der Waals surface area contributed by atoms with Crippen LogP contribution in [0.3, 0.4) is 0 Å². The van der Waals surface area contributed by atoms with E-state index in [2.05, 4.69) is 39.0 Å². The molecule has 172 valence electrons. The number of fused-ring (bicyclic) bond motifs is 3. The van der Waals surface area contributed by atoms with Crippen LogP contribution in [0.5, 0.6) is 0 Å². The quantitative estimate of drug-likeness (QED) is 0.377. The molecule has 2 heterocycles. The number of aromatic nitrogens is 3. The molecule has 0 atom stereocenters. The first kappa shape index (κ1) is 22.0. The Morgan fingerprint density at radius 2 is 1.41 bits per heavy atom. The van der Waals surface area contributed by atoms with Gasteiger partial charge in [0.25, 0.3) is 5.56 Å². The second-order valence-electron chi connectivity index (χ2n) is 9.45. The van der Waals surface area contributed by atoms with Crippen molar-refractivity contribution in [3.63, 3.8) is 0 Å². The van der Waals surface area contributed by atoms with Crippen molar-refractivity contribution in [2.24, 2.45) is 7.05 Å². The Labute approximate surface area is 198 Å². The molecule has 2 aromatic heterocycles. The van der Waals surface area contributed by atoms with Gasteiger partial charge < -0.3 is 4.57 Å². The van der Waals surface area contributed by atoms with E-state index < -0.39 is 0 Å². The van der Waals surface area contributed by atoms with Crippen LogP contribution in [0, 0.1) is 34.6 Å². The molecule has 0 fully saturated rings. The molecule has 0 N–H and O–H groups in total. The van der Waals surface area contributed by atoms with E-state index in [1.54, 1.807) is 4.57 Å². The van der Waals surface area contributed by atoms with E-state index in [9.17, 15) is 9.59 Å². The van der Waals surface area contributed by atoms with Gasteiger partial charge in [-0.3, -0.25) is 9.36 Å². The first-order valence-electron chi connectivity index (χ1n) is 11.6. The summed E-state index contributed by atoms with van der Waals surface area (Å²) < 4.78 is 5.05.